The highest BCUT2D eigenvalue weighted by molar-refractivity contribution is 5.89. The van der Waals surface area contributed by atoms with Gasteiger partial charge in [-0.2, -0.15) is 13.2 Å². The molecule has 1 aromatic carbocycles. The predicted octanol–water partition coefficient (Wildman–Crippen LogP) is 2.71. The summed E-state index contributed by atoms with van der Waals surface area (Å²) < 4.78 is 36.8. The molecule has 0 atom stereocenters. The predicted molar refractivity (Wildman–Crippen MR) is 43.1 cm³/mol. The van der Waals surface area contributed by atoms with Crippen LogP contribution in [0.25, 0.3) is 0 Å². The summed E-state index contributed by atoms with van der Waals surface area (Å²) in [6.45, 7) is 1.53. The van der Waals surface area contributed by atoms with E-state index in [-0.39, 0.29) is 0 Å². The van der Waals surface area contributed by atoms with Crippen molar-refractivity contribution in [1.82, 2.24) is 0 Å². The molecule has 14 heavy (non-hydrogen) atoms. The molecule has 1 N–H and O–H groups in total. The van der Waals surface area contributed by atoms with Crippen molar-refractivity contribution in [3.05, 3.63) is 34.9 Å². The minimum Gasteiger partial charge on any atom is -0.478 e. The minimum atomic E-state index is -4.62. The molecule has 0 amide bonds. The zero-order chi connectivity index (χ0) is 10.9. The molecule has 1 aromatic rings. The molecule has 0 radical (unpaired) electrons. The molecule has 0 saturated heterocycles. The third kappa shape index (κ3) is 2.04. The van der Waals surface area contributed by atoms with Gasteiger partial charge in [0, 0.05) is 0 Å². The molecule has 76 valence electrons. The van der Waals surface area contributed by atoms with Crippen LogP contribution in [0.1, 0.15) is 21.5 Å². The monoisotopic (exact) mass is 204 g/mol. The van der Waals surface area contributed by atoms with Crippen LogP contribution in [0.4, 0.5) is 13.2 Å². The second-order valence-electron chi connectivity index (χ2n) is 2.85. The molecular weight excluding hydrogens is 197 g/mol. The number of rotatable bonds is 1. The Morgan fingerprint density at radius 1 is 1.36 bits per heavy atom. The highest BCUT2D eigenvalue weighted by Gasteiger charge is 2.35. The summed E-state index contributed by atoms with van der Waals surface area (Å²) in [7, 11) is 0. The van der Waals surface area contributed by atoms with E-state index in [1.165, 1.54) is 13.0 Å². The maximum atomic E-state index is 12.3. The van der Waals surface area contributed by atoms with Crippen molar-refractivity contribution in [2.75, 3.05) is 0 Å². The highest BCUT2D eigenvalue weighted by Crippen LogP contribution is 2.32. The largest absolute Gasteiger partial charge is 0.478 e. The lowest BCUT2D eigenvalue weighted by Gasteiger charge is -2.10. The number of carboxylic acids is 1. The van der Waals surface area contributed by atoms with Crippen LogP contribution in [0.2, 0.25) is 0 Å². The van der Waals surface area contributed by atoms with Crippen LogP contribution in [-0.4, -0.2) is 11.1 Å². The maximum Gasteiger partial charge on any atom is 0.417 e. The fourth-order valence-corrected chi connectivity index (χ4v) is 1.08. The van der Waals surface area contributed by atoms with Gasteiger partial charge >= 0.3 is 12.1 Å². The molecule has 0 aliphatic rings. The van der Waals surface area contributed by atoms with E-state index in [2.05, 4.69) is 0 Å². The number of alkyl halides is 3. The van der Waals surface area contributed by atoms with Crippen LogP contribution in [0, 0.1) is 6.92 Å². The third-order valence-corrected chi connectivity index (χ3v) is 1.71. The first kappa shape index (κ1) is 10.6. The van der Waals surface area contributed by atoms with Gasteiger partial charge in [-0.05, 0) is 19.1 Å². The van der Waals surface area contributed by atoms with Crippen molar-refractivity contribution in [2.45, 2.75) is 13.1 Å². The number of carboxylic acid groups (broad SMARTS) is 1. The fraction of sp³-hybridized carbons (Fsp3) is 0.222. The second kappa shape index (κ2) is 3.32. The number of hydrogen-bond donors (Lipinski definition) is 1. The van der Waals surface area contributed by atoms with Gasteiger partial charge < -0.3 is 5.11 Å². The highest BCUT2D eigenvalue weighted by atomic mass is 19.4. The van der Waals surface area contributed by atoms with E-state index in [0.717, 1.165) is 12.1 Å². The molecule has 0 saturated carbocycles. The second-order valence-corrected chi connectivity index (χ2v) is 2.85. The van der Waals surface area contributed by atoms with Crippen molar-refractivity contribution >= 4 is 5.97 Å². The number of halogens is 3. The number of aryl methyl sites for hydroxylation is 1. The van der Waals surface area contributed by atoms with Crippen molar-refractivity contribution < 1.29 is 23.1 Å². The summed E-state index contributed by atoms with van der Waals surface area (Å²) in [6, 6.07) is 3.01. The Labute approximate surface area is 78.0 Å². The zero-order valence-electron chi connectivity index (χ0n) is 7.22. The number of carbonyl (C=O) groups is 1. The van der Waals surface area contributed by atoms with E-state index in [1.807, 2.05) is 0 Å². The van der Waals surface area contributed by atoms with Gasteiger partial charge in [0.25, 0.3) is 0 Å². The molecule has 0 aliphatic carbocycles. The smallest absolute Gasteiger partial charge is 0.417 e. The SMILES string of the molecule is Cc1ccc(C(F)(F)F)c(C(=O)O)c1. The third-order valence-electron chi connectivity index (χ3n) is 1.71. The van der Waals surface area contributed by atoms with Crippen LogP contribution in [0.5, 0.6) is 0 Å². The van der Waals surface area contributed by atoms with Crippen LogP contribution < -0.4 is 0 Å². The average molecular weight is 204 g/mol. The van der Waals surface area contributed by atoms with Gasteiger partial charge in [0.1, 0.15) is 0 Å². The van der Waals surface area contributed by atoms with Crippen molar-refractivity contribution in [2.24, 2.45) is 0 Å². The normalized spacial score (nSPS) is 11.4. The lowest BCUT2D eigenvalue weighted by Crippen LogP contribution is -2.12. The summed E-state index contributed by atoms with van der Waals surface area (Å²) in [5, 5.41) is 8.55. The molecule has 0 aromatic heterocycles. The van der Waals surface area contributed by atoms with E-state index >= 15 is 0 Å². The van der Waals surface area contributed by atoms with E-state index < -0.39 is 23.3 Å². The average Bonchev–Trinajstić information content (AvgIpc) is 2.01. The summed E-state index contributed by atoms with van der Waals surface area (Å²) in [6.07, 6.45) is -4.62. The fourth-order valence-electron chi connectivity index (χ4n) is 1.08. The zero-order valence-corrected chi connectivity index (χ0v) is 7.22. The van der Waals surface area contributed by atoms with Crippen LogP contribution in [0.15, 0.2) is 18.2 Å². The van der Waals surface area contributed by atoms with Gasteiger partial charge in [0.05, 0.1) is 11.1 Å². The summed E-state index contributed by atoms with van der Waals surface area (Å²) in [5.41, 5.74) is -1.34. The first-order valence-electron chi connectivity index (χ1n) is 3.73. The molecular formula is C9H7F3O2. The summed E-state index contributed by atoms with van der Waals surface area (Å²) >= 11 is 0. The van der Waals surface area contributed by atoms with Gasteiger partial charge in [-0.15, -0.1) is 0 Å². The Morgan fingerprint density at radius 2 is 1.93 bits per heavy atom. The molecule has 5 heteroatoms. The Kier molecular flexibility index (Phi) is 2.51. The van der Waals surface area contributed by atoms with Gasteiger partial charge in [0.15, 0.2) is 0 Å². The van der Waals surface area contributed by atoms with Crippen molar-refractivity contribution in [1.29, 1.82) is 0 Å². The van der Waals surface area contributed by atoms with Gasteiger partial charge in [0.2, 0.25) is 0 Å². The van der Waals surface area contributed by atoms with E-state index in [9.17, 15) is 18.0 Å². The van der Waals surface area contributed by atoms with Crippen LogP contribution in [0.3, 0.4) is 0 Å². The number of hydrogen-bond acceptors (Lipinski definition) is 1. The van der Waals surface area contributed by atoms with Gasteiger partial charge in [-0.3, -0.25) is 0 Å². The first-order chi connectivity index (χ1) is 6.32. The quantitative estimate of drug-likeness (QED) is 0.763. The van der Waals surface area contributed by atoms with Crippen LogP contribution >= 0.6 is 0 Å². The lowest BCUT2D eigenvalue weighted by molar-refractivity contribution is -0.138. The maximum absolute atomic E-state index is 12.3. The Balaban J connectivity index is 3.37. The molecule has 0 heterocycles. The van der Waals surface area contributed by atoms with E-state index in [0.29, 0.717) is 5.56 Å². The molecule has 0 spiro atoms. The molecule has 2 nitrogen and oxygen atoms in total. The van der Waals surface area contributed by atoms with E-state index in [4.69, 9.17) is 5.11 Å². The molecule has 0 aliphatic heterocycles. The van der Waals surface area contributed by atoms with Gasteiger partial charge in [-0.25, -0.2) is 4.79 Å². The number of benzene rings is 1. The van der Waals surface area contributed by atoms with Crippen molar-refractivity contribution in [3.63, 3.8) is 0 Å². The van der Waals surface area contributed by atoms with Crippen LogP contribution in [-0.2, 0) is 6.18 Å². The lowest BCUT2D eigenvalue weighted by atomic mass is 10.0. The molecule has 0 fully saturated rings. The Hall–Kier alpha value is -1.52. The Morgan fingerprint density at radius 3 is 2.36 bits per heavy atom. The van der Waals surface area contributed by atoms with E-state index in [1.54, 1.807) is 0 Å². The van der Waals surface area contributed by atoms with Crippen molar-refractivity contribution in [3.8, 4) is 0 Å². The topological polar surface area (TPSA) is 37.3 Å². The molecule has 0 bridgehead atoms. The first-order valence-corrected chi connectivity index (χ1v) is 3.73. The molecule has 0 unspecified atom stereocenters. The Bertz CT molecular complexity index is 369. The standard InChI is InChI=1S/C9H7F3O2/c1-5-2-3-7(9(10,11)12)6(4-5)8(13)14/h2-4H,1H3,(H,13,14). The minimum absolute atomic E-state index is 0.482. The molecule has 1 rings (SSSR count). The van der Waals surface area contributed by atoms with Gasteiger partial charge in [-0.1, -0.05) is 11.6 Å². The number of aromatic carboxylic acids is 1. The summed E-state index contributed by atoms with van der Waals surface area (Å²) in [4.78, 5) is 10.5. The summed E-state index contributed by atoms with van der Waals surface area (Å²) in [5.74, 6) is -1.57.